The molecule has 0 bridgehead atoms. The fourth-order valence-electron chi connectivity index (χ4n) is 2.15. The molecular weight excluding hydrogens is 304 g/mol. The van der Waals surface area contributed by atoms with Crippen molar-refractivity contribution in [1.82, 2.24) is 10.3 Å². The summed E-state index contributed by atoms with van der Waals surface area (Å²) in [4.78, 5) is 28.8. The van der Waals surface area contributed by atoms with Crippen molar-refractivity contribution in [3.63, 3.8) is 0 Å². The Morgan fingerprint density at radius 3 is 2.77 bits per heavy atom. The van der Waals surface area contributed by atoms with Crippen LogP contribution in [0.5, 0.6) is 0 Å². The van der Waals surface area contributed by atoms with Gasteiger partial charge in [-0.15, -0.1) is 11.3 Å². The summed E-state index contributed by atoms with van der Waals surface area (Å²) in [6.07, 6.45) is 2.54. The molecular formula is C15H18N2O4S. The number of carboxylic acid groups (broad SMARTS) is 1. The Morgan fingerprint density at radius 2 is 2.23 bits per heavy atom. The number of carbonyl (C=O) groups is 2. The molecule has 0 saturated heterocycles. The second-order valence-corrected chi connectivity index (χ2v) is 6.45. The van der Waals surface area contributed by atoms with E-state index in [4.69, 9.17) is 4.42 Å². The van der Waals surface area contributed by atoms with Crippen molar-refractivity contribution in [2.24, 2.45) is 0 Å². The lowest BCUT2D eigenvalue weighted by atomic mass is 9.96. The third-order valence-corrected chi connectivity index (χ3v) is 4.34. The Kier molecular flexibility index (Phi) is 4.65. The highest BCUT2D eigenvalue weighted by Gasteiger charge is 2.35. The minimum atomic E-state index is -1.30. The molecule has 6 nitrogen and oxygen atoms in total. The van der Waals surface area contributed by atoms with E-state index in [-0.39, 0.29) is 5.69 Å². The molecule has 1 unspecified atom stereocenters. The third-order valence-electron chi connectivity index (χ3n) is 3.36. The minimum Gasteiger partial charge on any atom is -0.480 e. The number of nitrogens with one attached hydrogen (secondary N) is 1. The summed E-state index contributed by atoms with van der Waals surface area (Å²) in [5.74, 6) is -0.951. The van der Waals surface area contributed by atoms with Crippen LogP contribution >= 0.6 is 11.3 Å². The molecule has 2 heterocycles. The smallest absolute Gasteiger partial charge is 0.329 e. The Labute approximate surface area is 132 Å². The number of carboxylic acids is 1. The molecule has 0 aliphatic rings. The zero-order valence-corrected chi connectivity index (χ0v) is 13.5. The number of amides is 1. The predicted molar refractivity (Wildman–Crippen MR) is 83.0 cm³/mol. The highest BCUT2D eigenvalue weighted by Crippen LogP contribution is 2.28. The molecule has 0 saturated carbocycles. The van der Waals surface area contributed by atoms with Crippen molar-refractivity contribution in [3.8, 4) is 10.8 Å². The predicted octanol–water partition coefficient (Wildman–Crippen LogP) is 3.08. The van der Waals surface area contributed by atoms with Crippen molar-refractivity contribution in [2.45, 2.75) is 39.2 Å². The van der Waals surface area contributed by atoms with E-state index < -0.39 is 17.4 Å². The molecule has 0 aromatic carbocycles. The Hall–Kier alpha value is -2.15. The maximum Gasteiger partial charge on any atom is 0.329 e. The van der Waals surface area contributed by atoms with E-state index in [0.717, 1.165) is 0 Å². The van der Waals surface area contributed by atoms with E-state index in [9.17, 15) is 14.7 Å². The second kappa shape index (κ2) is 6.31. The number of nitrogens with zero attached hydrogens (tertiary/aromatic N) is 1. The standard InChI is InChI=1S/C15H18N2O4S/c1-4-7-15(3,14(19)20)17-12(18)11-9(2)22-13(16-11)10-6-5-8-21-10/h5-6,8H,4,7H2,1-3H3,(H,17,18)(H,19,20). The summed E-state index contributed by atoms with van der Waals surface area (Å²) in [5, 5.41) is 12.5. The normalized spacial score (nSPS) is 13.6. The van der Waals surface area contributed by atoms with Crippen LogP contribution in [0.15, 0.2) is 22.8 Å². The van der Waals surface area contributed by atoms with Gasteiger partial charge in [-0.1, -0.05) is 13.3 Å². The van der Waals surface area contributed by atoms with E-state index in [1.54, 1.807) is 19.1 Å². The molecule has 1 atom stereocenters. The molecule has 0 radical (unpaired) electrons. The van der Waals surface area contributed by atoms with Gasteiger partial charge in [0.2, 0.25) is 0 Å². The highest BCUT2D eigenvalue weighted by molar-refractivity contribution is 7.15. The van der Waals surface area contributed by atoms with Gasteiger partial charge in [-0.05, 0) is 32.4 Å². The second-order valence-electron chi connectivity index (χ2n) is 5.24. The first kappa shape index (κ1) is 16.2. The van der Waals surface area contributed by atoms with Gasteiger partial charge in [-0.25, -0.2) is 9.78 Å². The van der Waals surface area contributed by atoms with Crippen LogP contribution in [0.1, 0.15) is 42.1 Å². The topological polar surface area (TPSA) is 92.4 Å². The number of thiazole rings is 1. The highest BCUT2D eigenvalue weighted by atomic mass is 32.1. The zero-order valence-electron chi connectivity index (χ0n) is 12.7. The van der Waals surface area contributed by atoms with E-state index in [2.05, 4.69) is 10.3 Å². The molecule has 2 N–H and O–H groups in total. The first-order valence-corrected chi connectivity index (χ1v) is 7.76. The molecule has 1 amide bonds. The molecule has 0 aliphatic carbocycles. The minimum absolute atomic E-state index is 0.236. The average molecular weight is 322 g/mol. The number of hydrogen-bond donors (Lipinski definition) is 2. The van der Waals surface area contributed by atoms with Crippen LogP contribution in [0.4, 0.5) is 0 Å². The Bertz CT molecular complexity index is 678. The van der Waals surface area contributed by atoms with Gasteiger partial charge in [0.1, 0.15) is 11.2 Å². The molecule has 2 aromatic heterocycles. The van der Waals surface area contributed by atoms with Crippen LogP contribution in [0.3, 0.4) is 0 Å². The maximum atomic E-state index is 12.4. The third kappa shape index (κ3) is 3.19. The number of aliphatic carboxylic acids is 1. The lowest BCUT2D eigenvalue weighted by molar-refractivity contribution is -0.144. The summed E-state index contributed by atoms with van der Waals surface area (Å²) in [6, 6.07) is 3.51. The van der Waals surface area contributed by atoms with Gasteiger partial charge in [0, 0.05) is 4.88 Å². The largest absolute Gasteiger partial charge is 0.480 e. The molecule has 118 valence electrons. The van der Waals surface area contributed by atoms with Crippen molar-refractivity contribution in [1.29, 1.82) is 0 Å². The summed E-state index contributed by atoms with van der Waals surface area (Å²) >= 11 is 1.34. The molecule has 0 fully saturated rings. The summed E-state index contributed by atoms with van der Waals surface area (Å²) in [6.45, 7) is 5.15. The van der Waals surface area contributed by atoms with E-state index in [1.165, 1.54) is 24.5 Å². The van der Waals surface area contributed by atoms with Crippen LogP contribution in [0.25, 0.3) is 10.8 Å². The van der Waals surface area contributed by atoms with Gasteiger partial charge in [0.05, 0.1) is 6.26 Å². The first-order valence-electron chi connectivity index (χ1n) is 6.94. The molecule has 0 spiro atoms. The van der Waals surface area contributed by atoms with Crippen molar-refractivity contribution >= 4 is 23.2 Å². The molecule has 2 aromatic rings. The summed E-state index contributed by atoms with van der Waals surface area (Å²) in [7, 11) is 0. The molecule has 22 heavy (non-hydrogen) atoms. The molecule has 7 heteroatoms. The van der Waals surface area contributed by atoms with Crippen LogP contribution < -0.4 is 5.32 Å². The number of rotatable bonds is 6. The quantitative estimate of drug-likeness (QED) is 0.852. The van der Waals surface area contributed by atoms with Crippen LogP contribution in [0.2, 0.25) is 0 Å². The number of furan rings is 1. The van der Waals surface area contributed by atoms with Gasteiger partial charge in [-0.2, -0.15) is 0 Å². The number of aryl methyl sites for hydroxylation is 1. The Morgan fingerprint density at radius 1 is 1.50 bits per heavy atom. The van der Waals surface area contributed by atoms with Crippen molar-refractivity contribution in [2.75, 3.05) is 0 Å². The van der Waals surface area contributed by atoms with E-state index in [1.807, 2.05) is 6.92 Å². The Balaban J connectivity index is 2.25. The first-order chi connectivity index (χ1) is 10.4. The fraction of sp³-hybridized carbons (Fsp3) is 0.400. The lowest BCUT2D eigenvalue weighted by Crippen LogP contribution is -2.52. The maximum absolute atomic E-state index is 12.4. The van der Waals surface area contributed by atoms with Crippen molar-refractivity contribution < 1.29 is 19.1 Å². The van der Waals surface area contributed by atoms with Gasteiger partial charge < -0.3 is 14.8 Å². The number of carbonyl (C=O) groups excluding carboxylic acids is 1. The van der Waals surface area contributed by atoms with Gasteiger partial charge in [0.15, 0.2) is 10.8 Å². The zero-order chi connectivity index (χ0) is 16.3. The average Bonchev–Trinajstić information content (AvgIpc) is 3.07. The molecule has 2 rings (SSSR count). The SMILES string of the molecule is CCCC(C)(NC(=O)c1nc(-c2ccco2)sc1C)C(=O)O. The number of hydrogen-bond acceptors (Lipinski definition) is 5. The van der Waals surface area contributed by atoms with Crippen LogP contribution in [-0.2, 0) is 4.79 Å². The summed E-state index contributed by atoms with van der Waals surface area (Å²) < 4.78 is 5.27. The summed E-state index contributed by atoms with van der Waals surface area (Å²) in [5.41, 5.74) is -1.06. The van der Waals surface area contributed by atoms with E-state index >= 15 is 0 Å². The van der Waals surface area contributed by atoms with Crippen molar-refractivity contribution in [3.05, 3.63) is 29.0 Å². The van der Waals surface area contributed by atoms with Gasteiger partial charge in [-0.3, -0.25) is 4.79 Å². The lowest BCUT2D eigenvalue weighted by Gasteiger charge is -2.25. The van der Waals surface area contributed by atoms with Crippen LogP contribution in [-0.4, -0.2) is 27.5 Å². The van der Waals surface area contributed by atoms with E-state index in [0.29, 0.717) is 28.5 Å². The molecule has 0 aliphatic heterocycles. The van der Waals surface area contributed by atoms with Crippen LogP contribution in [0, 0.1) is 6.92 Å². The fourth-order valence-corrected chi connectivity index (χ4v) is 3.02. The van der Waals surface area contributed by atoms with Gasteiger partial charge >= 0.3 is 5.97 Å². The van der Waals surface area contributed by atoms with Gasteiger partial charge in [0.25, 0.3) is 5.91 Å². The monoisotopic (exact) mass is 322 g/mol. The number of aromatic nitrogens is 1.